The van der Waals surface area contributed by atoms with Crippen molar-refractivity contribution in [1.82, 2.24) is 5.32 Å². The number of nitriles is 1. The van der Waals surface area contributed by atoms with Crippen LogP contribution in [0.15, 0.2) is 29.8 Å². The fraction of sp³-hybridized carbons (Fsp3) is 0.312. The fourth-order valence-corrected chi connectivity index (χ4v) is 1.59. The van der Waals surface area contributed by atoms with E-state index in [1.165, 1.54) is 6.08 Å². The fourth-order valence-electron chi connectivity index (χ4n) is 1.59. The number of ether oxygens (including phenoxy) is 2. The maximum absolute atomic E-state index is 11.9. The smallest absolute Gasteiger partial charge is 0.405 e. The van der Waals surface area contributed by atoms with Crippen molar-refractivity contribution in [2.45, 2.75) is 13.1 Å². The summed E-state index contributed by atoms with van der Waals surface area (Å²) in [4.78, 5) is 22.9. The van der Waals surface area contributed by atoms with Crippen LogP contribution in [0.2, 0.25) is 0 Å². The Morgan fingerprint density at radius 1 is 1.28 bits per heavy atom. The number of hydrogen-bond donors (Lipinski definition) is 1. The van der Waals surface area contributed by atoms with Crippen LogP contribution in [-0.2, 0) is 14.3 Å². The Kier molecular flexibility index (Phi) is 7.46. The van der Waals surface area contributed by atoms with Gasteiger partial charge in [0, 0.05) is 0 Å². The van der Waals surface area contributed by atoms with Crippen molar-refractivity contribution >= 4 is 18.0 Å². The van der Waals surface area contributed by atoms with Gasteiger partial charge in [-0.2, -0.15) is 18.4 Å². The first-order valence-corrected chi connectivity index (χ1v) is 7.10. The lowest BCUT2D eigenvalue weighted by Crippen LogP contribution is -2.36. The van der Waals surface area contributed by atoms with Crippen molar-refractivity contribution < 1.29 is 32.2 Å². The Hall–Kier alpha value is -3.02. The van der Waals surface area contributed by atoms with Gasteiger partial charge in [0.25, 0.3) is 5.91 Å². The predicted molar refractivity (Wildman–Crippen MR) is 81.2 cm³/mol. The number of amides is 1. The molecule has 0 heterocycles. The summed E-state index contributed by atoms with van der Waals surface area (Å²) in [5.41, 5.74) is 0.117. The van der Waals surface area contributed by atoms with E-state index in [-0.39, 0.29) is 0 Å². The van der Waals surface area contributed by atoms with Gasteiger partial charge in [-0.1, -0.05) is 12.1 Å². The van der Waals surface area contributed by atoms with Gasteiger partial charge < -0.3 is 14.8 Å². The van der Waals surface area contributed by atoms with Crippen molar-refractivity contribution in [3.05, 3.63) is 35.4 Å². The van der Waals surface area contributed by atoms with Crippen molar-refractivity contribution in [1.29, 1.82) is 5.26 Å². The Balaban J connectivity index is 2.62. The second-order valence-electron chi connectivity index (χ2n) is 4.64. The molecule has 0 aliphatic carbocycles. The number of carbonyl (C=O) groups is 2. The minimum Gasteiger partial charge on any atom is -0.494 e. The molecule has 9 heteroatoms. The van der Waals surface area contributed by atoms with Gasteiger partial charge in [0.05, 0.1) is 6.61 Å². The molecule has 0 spiro atoms. The van der Waals surface area contributed by atoms with E-state index in [1.54, 1.807) is 35.7 Å². The first-order chi connectivity index (χ1) is 11.7. The second-order valence-corrected chi connectivity index (χ2v) is 4.64. The summed E-state index contributed by atoms with van der Waals surface area (Å²) in [5, 5.41) is 10.5. The molecule has 134 valence electrons. The molecule has 0 saturated heterocycles. The molecule has 0 aromatic heterocycles. The Bertz CT molecular complexity index is 676. The number of benzene rings is 1. The van der Waals surface area contributed by atoms with Crippen LogP contribution in [0.5, 0.6) is 5.75 Å². The molecule has 1 aromatic rings. The number of hydrogen-bond acceptors (Lipinski definition) is 5. The first-order valence-electron chi connectivity index (χ1n) is 7.10. The highest BCUT2D eigenvalue weighted by molar-refractivity contribution is 5.98. The van der Waals surface area contributed by atoms with Crippen LogP contribution in [0, 0.1) is 11.3 Å². The van der Waals surface area contributed by atoms with Gasteiger partial charge in [-0.25, -0.2) is 4.79 Å². The number of esters is 1. The van der Waals surface area contributed by atoms with Gasteiger partial charge in [0.2, 0.25) is 0 Å². The van der Waals surface area contributed by atoms with Gasteiger partial charge >= 0.3 is 12.1 Å². The summed E-state index contributed by atoms with van der Waals surface area (Å²) in [6.07, 6.45) is -3.34. The third-order valence-electron chi connectivity index (χ3n) is 2.66. The van der Waals surface area contributed by atoms with Crippen molar-refractivity contribution in [3.63, 3.8) is 0 Å². The summed E-state index contributed by atoms with van der Waals surface area (Å²) in [6.45, 7) is -0.141. The van der Waals surface area contributed by atoms with Crippen LogP contribution in [0.3, 0.4) is 0 Å². The van der Waals surface area contributed by atoms with Crippen LogP contribution in [0.1, 0.15) is 12.5 Å². The van der Waals surface area contributed by atoms with E-state index in [1.807, 2.05) is 6.92 Å². The summed E-state index contributed by atoms with van der Waals surface area (Å²) in [5.74, 6) is -1.62. The molecule has 0 fully saturated rings. The topological polar surface area (TPSA) is 88.4 Å². The number of alkyl halides is 3. The van der Waals surface area contributed by atoms with Crippen molar-refractivity contribution in [2.24, 2.45) is 0 Å². The molecule has 6 nitrogen and oxygen atoms in total. The maximum Gasteiger partial charge on any atom is 0.405 e. The molecule has 0 radical (unpaired) electrons. The summed E-state index contributed by atoms with van der Waals surface area (Å²) in [7, 11) is 0. The van der Waals surface area contributed by atoms with E-state index in [0.717, 1.165) is 0 Å². The third-order valence-corrected chi connectivity index (χ3v) is 2.66. The van der Waals surface area contributed by atoms with Gasteiger partial charge in [-0.05, 0) is 30.7 Å². The summed E-state index contributed by atoms with van der Waals surface area (Å²) >= 11 is 0. The highest BCUT2D eigenvalue weighted by Gasteiger charge is 2.27. The number of rotatable bonds is 7. The van der Waals surface area contributed by atoms with E-state index < -0.39 is 36.8 Å². The SMILES string of the molecule is CCOc1ccc(/C=C(\C#N)C(=O)OCC(=O)NCC(F)(F)F)cc1. The first kappa shape index (κ1) is 20.0. The lowest BCUT2D eigenvalue weighted by molar-refractivity contribution is -0.148. The average molecular weight is 356 g/mol. The Labute approximate surface area is 141 Å². The van der Waals surface area contributed by atoms with Crippen LogP contribution >= 0.6 is 0 Å². The van der Waals surface area contributed by atoms with Crippen molar-refractivity contribution in [3.8, 4) is 11.8 Å². The van der Waals surface area contributed by atoms with Crippen LogP contribution in [0.25, 0.3) is 6.08 Å². The molecule has 0 aliphatic heterocycles. The number of nitrogens with zero attached hydrogens (tertiary/aromatic N) is 1. The largest absolute Gasteiger partial charge is 0.494 e. The van der Waals surface area contributed by atoms with Gasteiger partial charge in [-0.15, -0.1) is 0 Å². The second kappa shape index (κ2) is 9.32. The summed E-state index contributed by atoms with van der Waals surface area (Å²) in [6, 6.07) is 8.10. The van der Waals surface area contributed by atoms with Crippen molar-refractivity contribution in [2.75, 3.05) is 19.8 Å². The quantitative estimate of drug-likeness (QED) is 0.460. The zero-order chi connectivity index (χ0) is 18.9. The summed E-state index contributed by atoms with van der Waals surface area (Å²) < 4.78 is 45.6. The number of halogens is 3. The molecule has 0 atom stereocenters. The lowest BCUT2D eigenvalue weighted by atomic mass is 10.1. The predicted octanol–water partition coefficient (Wildman–Crippen LogP) is 2.21. The monoisotopic (exact) mass is 356 g/mol. The lowest BCUT2D eigenvalue weighted by Gasteiger charge is -2.08. The zero-order valence-corrected chi connectivity index (χ0v) is 13.2. The highest BCUT2D eigenvalue weighted by Crippen LogP contribution is 2.15. The van der Waals surface area contributed by atoms with Crippen LogP contribution < -0.4 is 10.1 Å². The standard InChI is InChI=1S/C16H15F3N2O4/c1-2-24-13-5-3-11(4-6-13)7-12(8-20)15(23)25-9-14(22)21-10-16(17,18)19/h3-7H,2,9-10H2,1H3,(H,21,22)/b12-7+. The van der Waals surface area contributed by atoms with Crippen LogP contribution in [-0.4, -0.2) is 37.8 Å². The third kappa shape index (κ3) is 7.87. The molecule has 0 unspecified atom stereocenters. The molecule has 0 bridgehead atoms. The van der Waals surface area contributed by atoms with E-state index in [9.17, 15) is 22.8 Å². The molecular weight excluding hydrogens is 341 g/mol. The molecule has 1 amide bonds. The highest BCUT2D eigenvalue weighted by atomic mass is 19.4. The van der Waals surface area contributed by atoms with Gasteiger partial charge in [-0.3, -0.25) is 4.79 Å². The van der Waals surface area contributed by atoms with Gasteiger partial charge in [0.1, 0.15) is 23.9 Å². The van der Waals surface area contributed by atoms with E-state index in [2.05, 4.69) is 4.74 Å². The van der Waals surface area contributed by atoms with E-state index in [0.29, 0.717) is 17.9 Å². The molecule has 1 N–H and O–H groups in total. The van der Waals surface area contributed by atoms with E-state index in [4.69, 9.17) is 10.00 Å². The number of carbonyl (C=O) groups excluding carboxylic acids is 2. The molecular formula is C16H15F3N2O4. The Morgan fingerprint density at radius 2 is 1.92 bits per heavy atom. The zero-order valence-electron chi connectivity index (χ0n) is 13.2. The average Bonchev–Trinajstić information content (AvgIpc) is 2.56. The molecule has 0 aliphatic rings. The van der Waals surface area contributed by atoms with Gasteiger partial charge in [0.15, 0.2) is 6.61 Å². The number of nitrogens with one attached hydrogen (secondary N) is 1. The Morgan fingerprint density at radius 3 is 2.44 bits per heavy atom. The normalized spacial score (nSPS) is 11.4. The minimum absolute atomic E-state index is 0.396. The van der Waals surface area contributed by atoms with Crippen LogP contribution in [0.4, 0.5) is 13.2 Å². The maximum atomic E-state index is 11.9. The molecule has 25 heavy (non-hydrogen) atoms. The molecule has 1 aromatic carbocycles. The molecule has 1 rings (SSSR count). The molecule has 0 saturated carbocycles. The van der Waals surface area contributed by atoms with E-state index >= 15 is 0 Å². The minimum atomic E-state index is -4.56.